The van der Waals surface area contributed by atoms with Crippen molar-refractivity contribution in [3.8, 4) is 5.75 Å². The van der Waals surface area contributed by atoms with Gasteiger partial charge in [0.05, 0.1) is 28.7 Å². The summed E-state index contributed by atoms with van der Waals surface area (Å²) in [6, 6.07) is 9.05. The molecule has 0 atom stereocenters. The molecular weight excluding hydrogens is 805 g/mol. The van der Waals surface area contributed by atoms with E-state index in [9.17, 15) is 19.8 Å². The molecule has 7 nitrogen and oxygen atoms in total. The van der Waals surface area contributed by atoms with E-state index in [-0.39, 0.29) is 39.1 Å². The number of benzene rings is 1. The number of phenolic OH excluding ortho intramolecular Hbond substituents is 1. The van der Waals surface area contributed by atoms with Crippen molar-refractivity contribution in [2.75, 3.05) is 6.61 Å². The van der Waals surface area contributed by atoms with Gasteiger partial charge in [0.15, 0.2) is 0 Å². The maximum atomic E-state index is 12.8. The van der Waals surface area contributed by atoms with Gasteiger partial charge in [-0.1, -0.05) is 157 Å². The van der Waals surface area contributed by atoms with E-state index in [1.807, 2.05) is 0 Å². The van der Waals surface area contributed by atoms with Gasteiger partial charge in [0, 0.05) is 48.6 Å². The van der Waals surface area contributed by atoms with Crippen molar-refractivity contribution < 1.29 is 24.5 Å². The fourth-order valence-corrected chi connectivity index (χ4v) is 10.2. The van der Waals surface area contributed by atoms with E-state index >= 15 is 0 Å². The third-order valence-electron chi connectivity index (χ3n) is 14.5. The number of rotatable bonds is 10. The molecular formula is C58H72N2O5. The molecule has 4 aliphatic rings. The number of phenols is 1. The van der Waals surface area contributed by atoms with Crippen LogP contribution >= 0.6 is 0 Å². The molecule has 2 N–H and O–H groups in total. The Kier molecular flexibility index (Phi) is 11.7. The minimum Gasteiger partial charge on any atom is -0.507 e. The van der Waals surface area contributed by atoms with Crippen LogP contribution in [0.15, 0.2) is 48.6 Å². The summed E-state index contributed by atoms with van der Waals surface area (Å²) in [7, 11) is 0. The van der Waals surface area contributed by atoms with Crippen molar-refractivity contribution >= 4 is 58.5 Å². The van der Waals surface area contributed by atoms with Crippen LogP contribution in [0.2, 0.25) is 0 Å². The van der Waals surface area contributed by atoms with Gasteiger partial charge in [-0.15, -0.1) is 0 Å². The highest BCUT2D eigenvalue weighted by Gasteiger charge is 2.47. The Morgan fingerprint density at radius 2 is 1.09 bits per heavy atom. The molecule has 0 radical (unpaired) electrons. The number of pyridine rings is 2. The number of carboxylic acid groups (broad SMARTS) is 1. The van der Waals surface area contributed by atoms with Crippen LogP contribution < -0.4 is 21.1 Å². The molecule has 2 aromatic heterocycles. The summed E-state index contributed by atoms with van der Waals surface area (Å²) >= 11 is 0. The highest BCUT2D eigenvalue weighted by atomic mass is 16.5. The van der Waals surface area contributed by atoms with Crippen LogP contribution in [0, 0.1) is 27.1 Å². The van der Waals surface area contributed by atoms with Crippen LogP contribution in [0.5, 0.6) is 5.75 Å². The minimum atomic E-state index is -1.22. The van der Waals surface area contributed by atoms with Gasteiger partial charge in [-0.3, -0.25) is 9.59 Å². The predicted molar refractivity (Wildman–Crippen MR) is 267 cm³/mol. The maximum Gasteiger partial charge on any atom is 0.317 e. The van der Waals surface area contributed by atoms with E-state index in [1.54, 1.807) is 0 Å². The number of esters is 1. The summed E-state index contributed by atoms with van der Waals surface area (Å²) < 4.78 is 5.71. The van der Waals surface area contributed by atoms with Gasteiger partial charge in [-0.25, -0.2) is 9.97 Å². The number of fused-ring (bicyclic) bond motifs is 4. The largest absolute Gasteiger partial charge is 0.507 e. The van der Waals surface area contributed by atoms with Crippen molar-refractivity contribution in [1.29, 1.82) is 0 Å². The molecule has 7 heteroatoms. The second kappa shape index (κ2) is 15.9. The van der Waals surface area contributed by atoms with E-state index < -0.39 is 23.8 Å². The SMILES string of the molecule is CC1=c2cc3c(nc2C(C(CCCOC(=O)CC(=O)O)(Cc2cc(C(C)(C)C)c(O)c(C(C)(C)C)c2)C2=CC(C)(C)C(C)=c4cc5c(nc42)=CC(C)(C)C=C5)=CC1(C)C)=CC(C)(C)C=C3. The van der Waals surface area contributed by atoms with Gasteiger partial charge in [-0.05, 0) is 96.1 Å². The number of aromatic hydroxyl groups is 1. The molecule has 0 bridgehead atoms. The van der Waals surface area contributed by atoms with E-state index in [0.717, 1.165) is 71.5 Å². The van der Waals surface area contributed by atoms with Crippen molar-refractivity contribution in [2.24, 2.45) is 27.1 Å². The average Bonchev–Trinajstić information content (AvgIpc) is 3.16. The van der Waals surface area contributed by atoms with Gasteiger partial charge in [0.2, 0.25) is 0 Å². The molecule has 0 amide bonds. The van der Waals surface area contributed by atoms with Crippen molar-refractivity contribution in [1.82, 2.24) is 9.97 Å². The lowest BCUT2D eigenvalue weighted by Gasteiger charge is -2.45. The first-order chi connectivity index (χ1) is 29.8. The molecule has 344 valence electrons. The minimum absolute atomic E-state index is 0.0437. The summed E-state index contributed by atoms with van der Waals surface area (Å²) in [5.41, 5.74) is 8.76. The molecule has 0 saturated heterocycles. The van der Waals surface area contributed by atoms with Gasteiger partial charge in [0.25, 0.3) is 0 Å². The molecule has 1 aromatic carbocycles. The summed E-state index contributed by atoms with van der Waals surface area (Å²) in [4.78, 5) is 35.8. The number of nitrogens with zero attached hydrogens (tertiary/aromatic N) is 2. The molecule has 0 saturated carbocycles. The Labute approximate surface area is 387 Å². The smallest absolute Gasteiger partial charge is 0.317 e. The van der Waals surface area contributed by atoms with Gasteiger partial charge >= 0.3 is 11.9 Å². The quantitative estimate of drug-likeness (QED) is 0.119. The van der Waals surface area contributed by atoms with Crippen molar-refractivity contribution in [2.45, 2.75) is 147 Å². The lowest BCUT2D eigenvalue weighted by atomic mass is 9.58. The third kappa shape index (κ3) is 9.14. The second-order valence-corrected chi connectivity index (χ2v) is 23.8. The summed E-state index contributed by atoms with van der Waals surface area (Å²) in [5.74, 6) is -1.65. The van der Waals surface area contributed by atoms with Crippen LogP contribution in [0.25, 0.3) is 46.6 Å². The number of carboxylic acids is 1. The fraction of sp³-hybridized carbons (Fsp3) is 0.483. The number of carbonyl (C=O) groups excluding carboxylic acids is 1. The average molecular weight is 877 g/mol. The number of hydrogen-bond donors (Lipinski definition) is 2. The van der Waals surface area contributed by atoms with Crippen LogP contribution in [0.4, 0.5) is 0 Å². The molecule has 0 spiro atoms. The topological polar surface area (TPSA) is 110 Å². The predicted octanol–water partition coefficient (Wildman–Crippen LogP) is 10.4. The lowest BCUT2D eigenvalue weighted by molar-refractivity contribution is -0.151. The zero-order chi connectivity index (χ0) is 48.0. The number of aromatic nitrogens is 2. The molecule has 4 aliphatic carbocycles. The molecule has 3 aromatic rings. The Morgan fingerprint density at radius 1 is 0.662 bits per heavy atom. The first-order valence-electron chi connectivity index (χ1n) is 23.5. The van der Waals surface area contributed by atoms with Crippen LogP contribution in [0.3, 0.4) is 0 Å². The zero-order valence-corrected chi connectivity index (χ0v) is 42.0. The van der Waals surface area contributed by atoms with Gasteiger partial charge < -0.3 is 14.9 Å². The number of hydrogen-bond acceptors (Lipinski definition) is 6. The highest BCUT2D eigenvalue weighted by Crippen LogP contribution is 2.56. The Hall–Kier alpha value is -5.30. The summed E-state index contributed by atoms with van der Waals surface area (Å²) in [6.45, 7) is 35.4. The standard InChI is InChI=1S/C58H72N2O5/c1-34-39-26-37-18-21-54(9,10)32-45(37)59-49(39)43(30-56(34,13)14)58(20-17-23-65-48(63)28-47(61)62,29-36-24-41(52(3,4)5)51(64)42(25-36)53(6,7)8)44-31-57(15,16)35(2)40-27-38-19-22-55(11,12)33-46(38)60-50(40)44/h18-19,21-22,24-27,30-33,64H,17,20,23,28-29H2,1-16H3,(H,61,62). The second-order valence-electron chi connectivity index (χ2n) is 23.8. The number of aliphatic carboxylic acids is 1. The van der Waals surface area contributed by atoms with Crippen LogP contribution in [-0.4, -0.2) is 38.7 Å². The van der Waals surface area contributed by atoms with Crippen LogP contribution in [-0.2, 0) is 31.6 Å². The molecule has 7 rings (SSSR count). The molecule has 2 heterocycles. The van der Waals surface area contributed by atoms with Crippen molar-refractivity contribution in [3.63, 3.8) is 0 Å². The molecule has 0 aliphatic heterocycles. The normalized spacial score (nSPS) is 18.8. The number of allylic oxidation sites excluding steroid dienone is 6. The van der Waals surface area contributed by atoms with Gasteiger partial charge in [0.1, 0.15) is 12.2 Å². The van der Waals surface area contributed by atoms with E-state index in [0.29, 0.717) is 25.0 Å². The first-order valence-corrected chi connectivity index (χ1v) is 23.5. The van der Waals surface area contributed by atoms with Crippen molar-refractivity contribution in [3.05, 3.63) is 109 Å². The number of ether oxygens (including phenoxy) is 1. The lowest BCUT2D eigenvalue weighted by Crippen LogP contribution is -2.42. The monoisotopic (exact) mass is 877 g/mol. The Bertz CT molecular complexity index is 2740. The molecule has 0 fully saturated rings. The maximum absolute atomic E-state index is 12.8. The third-order valence-corrected chi connectivity index (χ3v) is 14.5. The first kappa shape index (κ1) is 47.7. The molecule has 65 heavy (non-hydrogen) atoms. The van der Waals surface area contributed by atoms with Gasteiger partial charge in [-0.2, -0.15) is 0 Å². The van der Waals surface area contributed by atoms with E-state index in [4.69, 9.17) is 14.7 Å². The zero-order valence-electron chi connectivity index (χ0n) is 42.0. The highest BCUT2D eigenvalue weighted by molar-refractivity contribution is 5.92. The van der Waals surface area contributed by atoms with E-state index in [2.05, 4.69) is 184 Å². The Balaban J connectivity index is 1.65. The molecule has 0 unspecified atom stereocenters. The van der Waals surface area contributed by atoms with E-state index in [1.165, 1.54) is 11.1 Å². The summed E-state index contributed by atoms with van der Waals surface area (Å²) in [6.07, 6.45) is 19.1. The fourth-order valence-electron chi connectivity index (χ4n) is 10.2. The number of carbonyl (C=O) groups is 2. The Morgan fingerprint density at radius 3 is 1.49 bits per heavy atom. The van der Waals surface area contributed by atoms with Crippen LogP contribution in [0.1, 0.15) is 169 Å². The summed E-state index contributed by atoms with van der Waals surface area (Å²) in [5, 5.41) is 25.6.